The number of carbonyl (C=O) groups is 2. The van der Waals surface area contributed by atoms with Crippen LogP contribution >= 0.6 is 11.6 Å². The molecule has 1 fully saturated rings. The Kier molecular flexibility index (Phi) is 5.55. The molecule has 0 atom stereocenters. The number of H-pyrrole nitrogens is 1. The van der Waals surface area contributed by atoms with Gasteiger partial charge >= 0.3 is 0 Å². The number of amides is 2. The molecule has 0 spiro atoms. The number of hydrogen-bond acceptors (Lipinski definition) is 4. The molecule has 0 radical (unpaired) electrons. The van der Waals surface area contributed by atoms with E-state index in [2.05, 4.69) is 10.3 Å². The topological polar surface area (TPSA) is 94.7 Å². The lowest BCUT2D eigenvalue weighted by molar-refractivity contribution is -0.121. The summed E-state index contributed by atoms with van der Waals surface area (Å²) in [6, 6.07) is 11.9. The third-order valence-electron chi connectivity index (χ3n) is 5.43. The van der Waals surface area contributed by atoms with Crippen LogP contribution in [0.15, 0.2) is 42.5 Å². The number of piperidine rings is 1. The van der Waals surface area contributed by atoms with Gasteiger partial charge in [0.25, 0.3) is 5.91 Å². The van der Waals surface area contributed by atoms with Crippen LogP contribution in [0.1, 0.15) is 23.3 Å². The van der Waals surface area contributed by atoms with Crippen LogP contribution in [0.5, 0.6) is 11.5 Å². The van der Waals surface area contributed by atoms with Crippen molar-refractivity contribution in [2.24, 2.45) is 5.92 Å². The summed E-state index contributed by atoms with van der Waals surface area (Å²) in [5, 5.41) is 14.0. The third kappa shape index (κ3) is 4.07. The summed E-state index contributed by atoms with van der Waals surface area (Å²) in [5.41, 5.74) is 1.65. The number of aromatic amines is 1. The number of aromatic hydroxyl groups is 1. The molecule has 0 saturated carbocycles. The van der Waals surface area contributed by atoms with E-state index >= 15 is 0 Å². The average Bonchev–Trinajstić information content (AvgIpc) is 3.19. The maximum absolute atomic E-state index is 12.9. The molecule has 1 aromatic heterocycles. The third-order valence-corrected chi connectivity index (χ3v) is 5.66. The molecule has 2 aromatic carbocycles. The molecule has 3 N–H and O–H groups in total. The van der Waals surface area contributed by atoms with Gasteiger partial charge in [-0.3, -0.25) is 9.59 Å². The molecule has 0 aliphatic carbocycles. The Morgan fingerprint density at radius 3 is 2.67 bits per heavy atom. The van der Waals surface area contributed by atoms with Crippen molar-refractivity contribution in [3.05, 3.63) is 53.2 Å². The molecular weight excluding hydrogens is 406 g/mol. The van der Waals surface area contributed by atoms with Gasteiger partial charge in [-0.1, -0.05) is 11.6 Å². The number of fused-ring (bicyclic) bond motifs is 1. The Hall–Kier alpha value is -3.19. The molecule has 7 nitrogen and oxygen atoms in total. The number of phenols is 1. The predicted molar refractivity (Wildman–Crippen MR) is 115 cm³/mol. The molecule has 30 heavy (non-hydrogen) atoms. The van der Waals surface area contributed by atoms with Crippen LogP contribution in [-0.2, 0) is 4.79 Å². The smallest absolute Gasteiger partial charge is 0.270 e. The van der Waals surface area contributed by atoms with Gasteiger partial charge in [-0.05, 0) is 49.2 Å². The van der Waals surface area contributed by atoms with Crippen LogP contribution in [0, 0.1) is 5.92 Å². The van der Waals surface area contributed by atoms with E-state index in [1.165, 1.54) is 12.1 Å². The first-order valence-corrected chi connectivity index (χ1v) is 10.1. The van der Waals surface area contributed by atoms with Gasteiger partial charge in [0.15, 0.2) is 0 Å². The van der Waals surface area contributed by atoms with Gasteiger partial charge in [-0.2, -0.15) is 0 Å². The zero-order valence-corrected chi connectivity index (χ0v) is 17.2. The van der Waals surface area contributed by atoms with E-state index in [4.69, 9.17) is 16.3 Å². The summed E-state index contributed by atoms with van der Waals surface area (Å²) in [4.78, 5) is 30.4. The Morgan fingerprint density at radius 2 is 1.93 bits per heavy atom. The van der Waals surface area contributed by atoms with Gasteiger partial charge < -0.3 is 25.0 Å². The van der Waals surface area contributed by atoms with Crippen molar-refractivity contribution in [1.82, 2.24) is 9.88 Å². The Morgan fingerprint density at radius 1 is 1.17 bits per heavy atom. The van der Waals surface area contributed by atoms with Crippen molar-refractivity contribution in [2.45, 2.75) is 12.8 Å². The first-order chi connectivity index (χ1) is 14.4. The summed E-state index contributed by atoms with van der Waals surface area (Å²) in [7, 11) is 1.60. The van der Waals surface area contributed by atoms with Crippen LogP contribution in [0.25, 0.3) is 10.9 Å². The number of phenolic OH excluding ortho intramolecular Hbond substituents is 1. The van der Waals surface area contributed by atoms with Crippen LogP contribution in [-0.4, -0.2) is 47.0 Å². The van der Waals surface area contributed by atoms with E-state index in [0.29, 0.717) is 42.3 Å². The minimum Gasteiger partial charge on any atom is -0.506 e. The van der Waals surface area contributed by atoms with E-state index in [-0.39, 0.29) is 23.5 Å². The van der Waals surface area contributed by atoms with Crippen molar-refractivity contribution in [3.63, 3.8) is 0 Å². The van der Waals surface area contributed by atoms with Crippen molar-refractivity contribution in [1.29, 1.82) is 0 Å². The fourth-order valence-corrected chi connectivity index (χ4v) is 3.88. The molecular formula is C22H22ClN3O4. The van der Waals surface area contributed by atoms with Crippen LogP contribution in [0.2, 0.25) is 5.02 Å². The van der Waals surface area contributed by atoms with E-state index < -0.39 is 0 Å². The summed E-state index contributed by atoms with van der Waals surface area (Å²) in [5.74, 6) is 0.185. The quantitative estimate of drug-likeness (QED) is 0.548. The monoisotopic (exact) mass is 427 g/mol. The molecule has 2 amide bonds. The zero-order chi connectivity index (χ0) is 21.3. The summed E-state index contributed by atoms with van der Waals surface area (Å²) in [6.45, 7) is 0.967. The first kappa shape index (κ1) is 20.1. The van der Waals surface area contributed by atoms with Gasteiger partial charge in [0.2, 0.25) is 5.91 Å². The minimum atomic E-state index is -0.237. The normalized spacial score (nSPS) is 14.7. The molecule has 1 aliphatic heterocycles. The second kappa shape index (κ2) is 8.28. The van der Waals surface area contributed by atoms with E-state index in [0.717, 1.165) is 16.7 Å². The van der Waals surface area contributed by atoms with Gasteiger partial charge in [-0.25, -0.2) is 0 Å². The molecule has 8 heteroatoms. The number of hydrogen-bond donors (Lipinski definition) is 3. The molecule has 1 saturated heterocycles. The lowest BCUT2D eigenvalue weighted by atomic mass is 9.95. The Labute approximate surface area is 178 Å². The van der Waals surface area contributed by atoms with E-state index in [1.807, 2.05) is 24.3 Å². The Bertz CT molecular complexity index is 1100. The molecule has 3 aromatic rings. The number of rotatable bonds is 4. The fraction of sp³-hybridized carbons (Fsp3) is 0.273. The van der Waals surface area contributed by atoms with Gasteiger partial charge in [0.05, 0.1) is 12.8 Å². The first-order valence-electron chi connectivity index (χ1n) is 9.70. The molecule has 156 valence electrons. The van der Waals surface area contributed by atoms with Crippen LogP contribution < -0.4 is 10.1 Å². The molecule has 0 bridgehead atoms. The summed E-state index contributed by atoms with van der Waals surface area (Å²) in [6.07, 6.45) is 1.10. The minimum absolute atomic E-state index is 0.0317. The lowest BCUT2D eigenvalue weighted by Crippen LogP contribution is -2.41. The highest BCUT2D eigenvalue weighted by Gasteiger charge is 2.29. The van der Waals surface area contributed by atoms with Crippen LogP contribution in [0.3, 0.4) is 0 Å². The SMILES string of the molecule is COc1ccc2cc(C(=O)N3CCC(C(=O)Nc4cc(Cl)ccc4O)CC3)[nH]c2c1. The van der Waals surface area contributed by atoms with Gasteiger partial charge in [0, 0.05) is 41.0 Å². The maximum Gasteiger partial charge on any atom is 0.270 e. The number of aromatic nitrogens is 1. The second-order valence-electron chi connectivity index (χ2n) is 7.35. The highest BCUT2D eigenvalue weighted by Crippen LogP contribution is 2.29. The molecule has 2 heterocycles. The number of likely N-dealkylation sites (tertiary alicyclic amines) is 1. The molecule has 1 aliphatic rings. The Balaban J connectivity index is 1.38. The highest BCUT2D eigenvalue weighted by molar-refractivity contribution is 6.31. The number of halogens is 1. The van der Waals surface area contributed by atoms with Crippen molar-refractivity contribution in [3.8, 4) is 11.5 Å². The number of ether oxygens (including phenoxy) is 1. The largest absolute Gasteiger partial charge is 0.506 e. The number of methoxy groups -OCH3 is 1. The number of carbonyl (C=O) groups excluding carboxylic acids is 2. The maximum atomic E-state index is 12.9. The van der Waals surface area contributed by atoms with Gasteiger partial charge in [0.1, 0.15) is 17.2 Å². The van der Waals surface area contributed by atoms with Crippen LogP contribution in [0.4, 0.5) is 5.69 Å². The van der Waals surface area contributed by atoms with Crippen molar-refractivity contribution < 1.29 is 19.4 Å². The standard InChI is InChI=1S/C22H22ClN3O4/c1-30-16-4-2-14-10-19(24-17(14)12-16)22(29)26-8-6-13(7-9-26)21(28)25-18-11-15(23)3-5-20(18)27/h2-5,10-13,24,27H,6-9H2,1H3,(H,25,28). The van der Waals surface area contributed by atoms with Gasteiger partial charge in [-0.15, -0.1) is 0 Å². The van der Waals surface area contributed by atoms with Crippen molar-refractivity contribution >= 4 is 40.0 Å². The lowest BCUT2D eigenvalue weighted by Gasteiger charge is -2.31. The highest BCUT2D eigenvalue weighted by atomic mass is 35.5. The number of anilines is 1. The second-order valence-corrected chi connectivity index (χ2v) is 7.79. The number of benzene rings is 2. The summed E-state index contributed by atoms with van der Waals surface area (Å²) >= 11 is 5.93. The number of nitrogens with one attached hydrogen (secondary N) is 2. The fourth-order valence-electron chi connectivity index (χ4n) is 3.71. The van der Waals surface area contributed by atoms with E-state index in [1.54, 1.807) is 18.1 Å². The molecule has 0 unspecified atom stereocenters. The van der Waals surface area contributed by atoms with E-state index in [9.17, 15) is 14.7 Å². The average molecular weight is 428 g/mol. The number of nitrogens with zero attached hydrogens (tertiary/aromatic N) is 1. The zero-order valence-electron chi connectivity index (χ0n) is 16.4. The molecule has 4 rings (SSSR count). The van der Waals surface area contributed by atoms with Crippen molar-refractivity contribution in [2.75, 3.05) is 25.5 Å². The predicted octanol–water partition coefficient (Wildman–Crippen LogP) is 4.03. The summed E-state index contributed by atoms with van der Waals surface area (Å²) < 4.78 is 5.22.